The Bertz CT molecular complexity index is 667. The Morgan fingerprint density at radius 3 is 2.27 bits per heavy atom. The van der Waals surface area contributed by atoms with Crippen LogP contribution in [0.4, 0.5) is 5.69 Å². The molecule has 0 aliphatic carbocycles. The molecule has 0 fully saturated rings. The van der Waals surface area contributed by atoms with Crippen molar-refractivity contribution < 1.29 is 14.6 Å². The molecule has 0 heterocycles. The molecule has 2 aromatic rings. The molecule has 0 unspecified atom stereocenters. The Morgan fingerprint density at radius 2 is 1.58 bits per heavy atom. The molecular formula is C22H29NO3. The van der Waals surface area contributed by atoms with Gasteiger partial charge in [0.15, 0.2) is 0 Å². The van der Waals surface area contributed by atoms with E-state index in [0.29, 0.717) is 17.9 Å². The van der Waals surface area contributed by atoms with Gasteiger partial charge >= 0.3 is 0 Å². The van der Waals surface area contributed by atoms with E-state index in [1.807, 2.05) is 0 Å². The van der Waals surface area contributed by atoms with Crippen LogP contribution in [-0.4, -0.2) is 17.6 Å². The summed E-state index contributed by atoms with van der Waals surface area (Å²) < 4.78 is 5.73. The first-order chi connectivity index (χ1) is 12.7. The Balaban J connectivity index is 1.70. The maximum atomic E-state index is 12.2. The predicted octanol–water partition coefficient (Wildman–Crippen LogP) is 5.77. The number of benzene rings is 2. The number of unbranched alkanes of at least 4 members (excludes halogenated alkanes) is 6. The van der Waals surface area contributed by atoms with Gasteiger partial charge in [-0.25, -0.2) is 0 Å². The average molecular weight is 355 g/mol. The molecule has 0 radical (unpaired) electrons. The van der Waals surface area contributed by atoms with Gasteiger partial charge in [-0.2, -0.15) is 0 Å². The van der Waals surface area contributed by atoms with Crippen LogP contribution in [0.15, 0.2) is 48.5 Å². The van der Waals surface area contributed by atoms with E-state index in [9.17, 15) is 9.90 Å². The Hall–Kier alpha value is -2.49. The standard InChI is InChI=1S/C22H29NO3/c1-2-3-4-5-6-7-10-17-26-19-15-13-18(14-16-19)22(25)23-20-11-8-9-12-21(20)24/h8-9,11-16,24H,2-7,10,17H2,1H3,(H,23,25). The summed E-state index contributed by atoms with van der Waals surface area (Å²) in [6, 6.07) is 13.7. The summed E-state index contributed by atoms with van der Waals surface area (Å²) in [5, 5.41) is 12.4. The molecule has 4 nitrogen and oxygen atoms in total. The zero-order valence-corrected chi connectivity index (χ0v) is 15.5. The SMILES string of the molecule is CCCCCCCCCOc1ccc(C(=O)Nc2ccccc2O)cc1. The smallest absolute Gasteiger partial charge is 0.255 e. The third kappa shape index (κ3) is 6.79. The molecule has 0 spiro atoms. The van der Waals surface area contributed by atoms with Crippen LogP contribution in [-0.2, 0) is 0 Å². The molecular weight excluding hydrogens is 326 g/mol. The fourth-order valence-electron chi connectivity index (χ4n) is 2.73. The van der Waals surface area contributed by atoms with Crippen LogP contribution in [0.3, 0.4) is 0 Å². The zero-order chi connectivity index (χ0) is 18.6. The number of nitrogens with one attached hydrogen (secondary N) is 1. The Labute approximate surface area is 156 Å². The summed E-state index contributed by atoms with van der Waals surface area (Å²) >= 11 is 0. The molecule has 4 heteroatoms. The quantitative estimate of drug-likeness (QED) is 0.397. The molecule has 0 saturated carbocycles. The lowest BCUT2D eigenvalue weighted by Crippen LogP contribution is -2.11. The van der Waals surface area contributed by atoms with E-state index in [0.717, 1.165) is 12.2 Å². The van der Waals surface area contributed by atoms with Gasteiger partial charge in [-0.05, 0) is 42.8 Å². The summed E-state index contributed by atoms with van der Waals surface area (Å²) in [6.07, 6.45) is 8.79. The molecule has 26 heavy (non-hydrogen) atoms. The lowest BCUT2D eigenvalue weighted by Gasteiger charge is -2.09. The largest absolute Gasteiger partial charge is 0.506 e. The minimum atomic E-state index is -0.259. The van der Waals surface area contributed by atoms with Crippen molar-refractivity contribution in [3.8, 4) is 11.5 Å². The Morgan fingerprint density at radius 1 is 0.923 bits per heavy atom. The van der Waals surface area contributed by atoms with E-state index < -0.39 is 0 Å². The van der Waals surface area contributed by atoms with Crippen LogP contribution < -0.4 is 10.1 Å². The number of phenols is 1. The Kier molecular flexibility index (Phi) is 8.53. The first-order valence-corrected chi connectivity index (χ1v) is 9.53. The number of aromatic hydroxyl groups is 1. The predicted molar refractivity (Wildman–Crippen MR) is 106 cm³/mol. The van der Waals surface area contributed by atoms with Crippen molar-refractivity contribution in [1.82, 2.24) is 0 Å². The van der Waals surface area contributed by atoms with Crippen LogP contribution >= 0.6 is 0 Å². The van der Waals surface area contributed by atoms with Crippen LogP contribution in [0, 0.1) is 0 Å². The van der Waals surface area contributed by atoms with E-state index in [2.05, 4.69) is 12.2 Å². The summed E-state index contributed by atoms with van der Waals surface area (Å²) in [7, 11) is 0. The number of ether oxygens (including phenoxy) is 1. The van der Waals surface area contributed by atoms with Gasteiger partial charge in [0, 0.05) is 5.56 Å². The third-order valence-corrected chi connectivity index (χ3v) is 4.29. The van der Waals surface area contributed by atoms with Gasteiger partial charge in [-0.3, -0.25) is 4.79 Å². The maximum Gasteiger partial charge on any atom is 0.255 e. The monoisotopic (exact) mass is 355 g/mol. The molecule has 0 atom stereocenters. The van der Waals surface area contributed by atoms with E-state index in [4.69, 9.17) is 4.74 Å². The highest BCUT2D eigenvalue weighted by atomic mass is 16.5. The normalized spacial score (nSPS) is 10.5. The number of hydrogen-bond donors (Lipinski definition) is 2. The number of carbonyl (C=O) groups is 1. The van der Waals surface area contributed by atoms with Crippen molar-refractivity contribution in [2.24, 2.45) is 0 Å². The fraction of sp³-hybridized carbons (Fsp3) is 0.409. The van der Waals surface area contributed by atoms with Crippen molar-refractivity contribution in [3.05, 3.63) is 54.1 Å². The van der Waals surface area contributed by atoms with Gasteiger partial charge in [0.05, 0.1) is 12.3 Å². The van der Waals surface area contributed by atoms with Gasteiger partial charge in [0.25, 0.3) is 5.91 Å². The number of para-hydroxylation sites is 2. The molecule has 0 saturated heterocycles. The topological polar surface area (TPSA) is 58.6 Å². The van der Waals surface area contributed by atoms with Crippen molar-refractivity contribution in [2.45, 2.75) is 51.9 Å². The van der Waals surface area contributed by atoms with Crippen molar-refractivity contribution in [1.29, 1.82) is 0 Å². The van der Waals surface area contributed by atoms with E-state index in [1.54, 1.807) is 42.5 Å². The summed E-state index contributed by atoms with van der Waals surface area (Å²) in [6.45, 7) is 2.94. The van der Waals surface area contributed by atoms with Crippen LogP contribution in [0.5, 0.6) is 11.5 Å². The molecule has 140 valence electrons. The summed E-state index contributed by atoms with van der Waals surface area (Å²) in [4.78, 5) is 12.2. The number of phenolic OH excluding ortho intramolecular Hbond substituents is 1. The summed E-state index contributed by atoms with van der Waals surface area (Å²) in [5.74, 6) is 0.565. The molecule has 0 bridgehead atoms. The van der Waals surface area contributed by atoms with Crippen molar-refractivity contribution >= 4 is 11.6 Å². The highest BCUT2D eigenvalue weighted by Gasteiger charge is 2.08. The lowest BCUT2D eigenvalue weighted by atomic mass is 10.1. The highest BCUT2D eigenvalue weighted by Crippen LogP contribution is 2.22. The molecule has 1 amide bonds. The minimum Gasteiger partial charge on any atom is -0.506 e. The average Bonchev–Trinajstić information content (AvgIpc) is 2.66. The highest BCUT2D eigenvalue weighted by molar-refractivity contribution is 6.05. The second-order valence-corrected chi connectivity index (χ2v) is 6.47. The molecule has 2 N–H and O–H groups in total. The number of carbonyl (C=O) groups excluding carboxylic acids is 1. The van der Waals surface area contributed by atoms with Crippen LogP contribution in [0.2, 0.25) is 0 Å². The summed E-state index contributed by atoms with van der Waals surface area (Å²) in [5.41, 5.74) is 0.924. The lowest BCUT2D eigenvalue weighted by molar-refractivity contribution is 0.102. The third-order valence-electron chi connectivity index (χ3n) is 4.29. The van der Waals surface area contributed by atoms with Gasteiger partial charge < -0.3 is 15.2 Å². The molecule has 0 aliphatic rings. The molecule has 2 aromatic carbocycles. The van der Waals surface area contributed by atoms with Gasteiger partial charge in [-0.15, -0.1) is 0 Å². The maximum absolute atomic E-state index is 12.2. The molecule has 0 aliphatic heterocycles. The van der Waals surface area contributed by atoms with Gasteiger partial charge in [0.2, 0.25) is 0 Å². The van der Waals surface area contributed by atoms with Crippen molar-refractivity contribution in [3.63, 3.8) is 0 Å². The van der Waals surface area contributed by atoms with Gasteiger partial charge in [0.1, 0.15) is 11.5 Å². The first-order valence-electron chi connectivity index (χ1n) is 9.53. The van der Waals surface area contributed by atoms with Crippen LogP contribution in [0.1, 0.15) is 62.2 Å². The van der Waals surface area contributed by atoms with Crippen molar-refractivity contribution in [2.75, 3.05) is 11.9 Å². The molecule has 2 rings (SSSR count). The number of amides is 1. The number of rotatable bonds is 11. The zero-order valence-electron chi connectivity index (χ0n) is 15.5. The number of hydrogen-bond acceptors (Lipinski definition) is 3. The number of anilines is 1. The first kappa shape index (κ1) is 19.8. The van der Waals surface area contributed by atoms with E-state index in [-0.39, 0.29) is 11.7 Å². The van der Waals surface area contributed by atoms with Crippen LogP contribution in [0.25, 0.3) is 0 Å². The fourth-order valence-corrected chi connectivity index (χ4v) is 2.73. The van der Waals surface area contributed by atoms with E-state index >= 15 is 0 Å². The second kappa shape index (κ2) is 11.2. The van der Waals surface area contributed by atoms with E-state index in [1.165, 1.54) is 44.6 Å². The second-order valence-electron chi connectivity index (χ2n) is 6.47. The van der Waals surface area contributed by atoms with Gasteiger partial charge in [-0.1, -0.05) is 57.6 Å². The molecule has 0 aromatic heterocycles. The minimum absolute atomic E-state index is 0.0514.